The Labute approximate surface area is 231 Å². The van der Waals surface area contributed by atoms with Gasteiger partial charge in [0.05, 0.1) is 5.92 Å². The van der Waals surface area contributed by atoms with Crippen molar-refractivity contribution in [3.8, 4) is 10.6 Å². The van der Waals surface area contributed by atoms with Crippen molar-refractivity contribution in [1.29, 1.82) is 0 Å². The first kappa shape index (κ1) is 28.4. The van der Waals surface area contributed by atoms with Crippen molar-refractivity contribution in [2.24, 2.45) is 11.8 Å². The molecule has 0 bridgehead atoms. The Kier molecular flexibility index (Phi) is 7.84. The fraction of sp³-hybridized carbons (Fsp3) is 0.500. The maximum atomic E-state index is 15.0. The molecular formula is C28H29F4N3O4S. The molecule has 3 heterocycles. The Bertz CT molecular complexity index is 1410. The molecule has 40 heavy (non-hydrogen) atoms. The number of thiazole rings is 1. The number of likely N-dealkylation sites (tertiary alicyclic amines) is 1. The molecule has 1 aromatic carbocycles. The van der Waals surface area contributed by atoms with Crippen molar-refractivity contribution in [2.45, 2.75) is 63.1 Å². The number of aromatic nitrogens is 2. The van der Waals surface area contributed by atoms with Gasteiger partial charge >= 0.3 is 18.1 Å². The van der Waals surface area contributed by atoms with Crippen molar-refractivity contribution in [3.05, 3.63) is 47.4 Å². The van der Waals surface area contributed by atoms with E-state index in [1.54, 1.807) is 12.1 Å². The van der Waals surface area contributed by atoms with Gasteiger partial charge in [-0.1, -0.05) is 36.7 Å². The van der Waals surface area contributed by atoms with Gasteiger partial charge in [0, 0.05) is 36.3 Å². The van der Waals surface area contributed by atoms with Crippen LogP contribution >= 0.6 is 11.3 Å². The number of hydrogen-bond acceptors (Lipinski definition) is 6. The third-order valence-electron chi connectivity index (χ3n) is 8.16. The van der Waals surface area contributed by atoms with E-state index >= 15 is 0 Å². The molecule has 7 nitrogen and oxygen atoms in total. The Morgan fingerprint density at radius 3 is 2.27 bits per heavy atom. The SMILES string of the molecule is O=C(O)C(F)(F)F.O=C(O)C1CN(Cc2ccc(-c3nc4ccc(C5(C6CCCCC6)CC5)nc4s3)c(F)c2)C1. The normalized spacial score (nSPS) is 19.5. The Balaban J connectivity index is 0.000000411. The number of pyridine rings is 1. The number of aliphatic carboxylic acids is 2. The molecule has 2 aliphatic carbocycles. The third-order valence-corrected chi connectivity index (χ3v) is 9.16. The molecule has 6 rings (SSSR count). The van der Waals surface area contributed by atoms with Gasteiger partial charge < -0.3 is 10.2 Å². The average molecular weight is 580 g/mol. The zero-order valence-corrected chi connectivity index (χ0v) is 22.4. The second-order valence-electron chi connectivity index (χ2n) is 10.9. The van der Waals surface area contributed by atoms with E-state index in [1.165, 1.54) is 62.0 Å². The van der Waals surface area contributed by atoms with Crippen LogP contribution in [-0.2, 0) is 21.5 Å². The molecule has 0 amide bonds. The summed E-state index contributed by atoms with van der Waals surface area (Å²) >= 11 is 1.47. The highest BCUT2D eigenvalue weighted by atomic mass is 32.1. The van der Waals surface area contributed by atoms with Crippen molar-refractivity contribution in [2.75, 3.05) is 13.1 Å². The maximum Gasteiger partial charge on any atom is 0.490 e. The summed E-state index contributed by atoms with van der Waals surface area (Å²) in [6.07, 6.45) is 4.07. The van der Waals surface area contributed by atoms with Gasteiger partial charge in [-0.2, -0.15) is 13.2 Å². The molecule has 0 spiro atoms. The molecule has 1 aliphatic heterocycles. The monoisotopic (exact) mass is 579 g/mol. The molecule has 0 radical (unpaired) electrons. The van der Waals surface area contributed by atoms with Gasteiger partial charge in [0.25, 0.3) is 0 Å². The molecule has 0 atom stereocenters. The molecule has 214 valence electrons. The van der Waals surface area contributed by atoms with Gasteiger partial charge in [0.15, 0.2) is 0 Å². The lowest BCUT2D eigenvalue weighted by Gasteiger charge is -2.36. The summed E-state index contributed by atoms with van der Waals surface area (Å²) in [5.74, 6) is -3.35. The summed E-state index contributed by atoms with van der Waals surface area (Å²) in [7, 11) is 0. The van der Waals surface area contributed by atoms with E-state index in [0.717, 1.165) is 21.8 Å². The molecule has 2 N–H and O–H groups in total. The lowest BCUT2D eigenvalue weighted by atomic mass is 9.76. The maximum absolute atomic E-state index is 15.0. The fourth-order valence-corrected chi connectivity index (χ4v) is 6.78. The van der Waals surface area contributed by atoms with Crippen LogP contribution in [0.5, 0.6) is 0 Å². The molecule has 0 unspecified atom stereocenters. The molecule has 2 aromatic heterocycles. The summed E-state index contributed by atoms with van der Waals surface area (Å²) in [5, 5.41) is 16.8. The first-order valence-corrected chi connectivity index (χ1v) is 14.1. The largest absolute Gasteiger partial charge is 0.490 e. The van der Waals surface area contributed by atoms with Crippen LogP contribution in [0.1, 0.15) is 56.2 Å². The van der Waals surface area contributed by atoms with E-state index in [9.17, 15) is 22.4 Å². The standard InChI is InChI=1S/C26H28FN3O2S.C2HF3O2/c27-20-12-16(13-30-14-17(15-30)25(31)32)6-7-19(20)23-28-21-8-9-22(29-24(21)33-23)26(10-11-26)18-4-2-1-3-5-18;3-2(4,5)1(6)7/h6-9,12,17-18H,1-5,10-11,13-15H2,(H,31,32);(H,6,7). The molecule has 1 saturated heterocycles. The number of halogens is 4. The van der Waals surface area contributed by atoms with Crippen LogP contribution in [0.4, 0.5) is 17.6 Å². The Morgan fingerprint density at radius 2 is 1.70 bits per heavy atom. The van der Waals surface area contributed by atoms with Gasteiger partial charge in [0.1, 0.15) is 21.2 Å². The highest BCUT2D eigenvalue weighted by Crippen LogP contribution is 2.57. The molecule has 3 aromatic rings. The van der Waals surface area contributed by atoms with Gasteiger partial charge in [-0.3, -0.25) is 9.69 Å². The summed E-state index contributed by atoms with van der Waals surface area (Å²) in [6, 6.07) is 9.48. The lowest BCUT2D eigenvalue weighted by molar-refractivity contribution is -0.192. The first-order valence-electron chi connectivity index (χ1n) is 13.3. The number of benzene rings is 1. The minimum absolute atomic E-state index is 0.266. The predicted octanol–water partition coefficient (Wildman–Crippen LogP) is 6.26. The lowest BCUT2D eigenvalue weighted by Crippen LogP contribution is -2.49. The number of nitrogens with zero attached hydrogens (tertiary/aromatic N) is 3. The van der Waals surface area contributed by atoms with Crippen LogP contribution in [0.3, 0.4) is 0 Å². The number of hydrogen-bond donors (Lipinski definition) is 2. The number of carboxylic acid groups (broad SMARTS) is 2. The minimum Gasteiger partial charge on any atom is -0.481 e. The van der Waals surface area contributed by atoms with Crippen LogP contribution in [0, 0.1) is 17.7 Å². The highest BCUT2D eigenvalue weighted by molar-refractivity contribution is 7.21. The number of carbonyl (C=O) groups is 2. The molecule has 3 aliphatic rings. The Morgan fingerprint density at radius 1 is 1.02 bits per heavy atom. The van der Waals surface area contributed by atoms with Crippen LogP contribution in [0.15, 0.2) is 30.3 Å². The van der Waals surface area contributed by atoms with Crippen LogP contribution in [0.25, 0.3) is 20.9 Å². The summed E-state index contributed by atoms with van der Waals surface area (Å²) in [5.41, 5.74) is 3.67. The smallest absolute Gasteiger partial charge is 0.481 e. The number of fused-ring (bicyclic) bond motifs is 1. The van der Waals surface area contributed by atoms with E-state index in [4.69, 9.17) is 20.0 Å². The van der Waals surface area contributed by atoms with Gasteiger partial charge in [0.2, 0.25) is 0 Å². The topological polar surface area (TPSA) is 104 Å². The molecule has 3 fully saturated rings. The van der Waals surface area contributed by atoms with E-state index in [0.29, 0.717) is 30.2 Å². The first-order chi connectivity index (χ1) is 19.0. The minimum atomic E-state index is -5.08. The second-order valence-corrected chi connectivity index (χ2v) is 11.9. The summed E-state index contributed by atoms with van der Waals surface area (Å²) in [6.45, 7) is 1.61. The highest BCUT2D eigenvalue weighted by Gasteiger charge is 2.51. The van der Waals surface area contributed by atoms with Gasteiger partial charge in [-0.05, 0) is 61.4 Å². The number of alkyl halides is 3. The zero-order chi connectivity index (χ0) is 28.7. The van der Waals surface area contributed by atoms with Crippen molar-refractivity contribution < 1.29 is 37.4 Å². The molecule has 2 saturated carbocycles. The quantitative estimate of drug-likeness (QED) is 0.332. The zero-order valence-electron chi connectivity index (χ0n) is 21.6. The average Bonchev–Trinajstić information content (AvgIpc) is 3.59. The number of rotatable bonds is 6. The van der Waals surface area contributed by atoms with Gasteiger partial charge in [-0.15, -0.1) is 0 Å². The number of carboxylic acids is 2. The predicted molar refractivity (Wildman–Crippen MR) is 140 cm³/mol. The summed E-state index contributed by atoms with van der Waals surface area (Å²) < 4.78 is 46.7. The van der Waals surface area contributed by atoms with Crippen molar-refractivity contribution >= 4 is 33.6 Å². The second kappa shape index (κ2) is 11.0. The Hall–Kier alpha value is -3.12. The summed E-state index contributed by atoms with van der Waals surface area (Å²) in [4.78, 5) is 32.5. The third kappa shape index (κ3) is 5.97. The van der Waals surface area contributed by atoms with E-state index in [-0.39, 0.29) is 17.2 Å². The fourth-order valence-electron chi connectivity index (χ4n) is 5.82. The van der Waals surface area contributed by atoms with Gasteiger partial charge in [-0.25, -0.2) is 19.2 Å². The van der Waals surface area contributed by atoms with Crippen LogP contribution in [0.2, 0.25) is 0 Å². The molecular weight excluding hydrogens is 550 g/mol. The van der Waals surface area contributed by atoms with Crippen molar-refractivity contribution in [1.82, 2.24) is 14.9 Å². The van der Waals surface area contributed by atoms with E-state index < -0.39 is 18.1 Å². The van der Waals surface area contributed by atoms with Crippen LogP contribution in [-0.4, -0.2) is 56.3 Å². The van der Waals surface area contributed by atoms with E-state index in [2.05, 4.69) is 17.1 Å². The van der Waals surface area contributed by atoms with Crippen LogP contribution < -0.4 is 0 Å². The van der Waals surface area contributed by atoms with E-state index in [1.807, 2.05) is 11.0 Å². The molecule has 12 heteroatoms. The van der Waals surface area contributed by atoms with Crippen molar-refractivity contribution in [3.63, 3.8) is 0 Å².